The monoisotopic (exact) mass is 318 g/mol. The van der Waals surface area contributed by atoms with Crippen LogP contribution in [0.4, 0.5) is 0 Å². The highest BCUT2D eigenvalue weighted by Gasteiger charge is 2.29. The van der Waals surface area contributed by atoms with Crippen LogP contribution in [0.25, 0.3) is 0 Å². The van der Waals surface area contributed by atoms with Gasteiger partial charge in [0.2, 0.25) is 10.0 Å². The van der Waals surface area contributed by atoms with Gasteiger partial charge in [-0.15, -0.1) is 0 Å². The van der Waals surface area contributed by atoms with Crippen LogP contribution in [0.3, 0.4) is 0 Å². The molecule has 2 heterocycles. The van der Waals surface area contributed by atoms with Crippen molar-refractivity contribution in [3.63, 3.8) is 0 Å². The van der Waals surface area contributed by atoms with Crippen LogP contribution in [0.1, 0.15) is 38.5 Å². The first kappa shape index (κ1) is 17.2. The first-order valence-corrected chi connectivity index (χ1v) is 9.82. The minimum atomic E-state index is -3.08. The molecule has 0 aromatic rings. The van der Waals surface area contributed by atoms with Crippen LogP contribution in [-0.2, 0) is 14.8 Å². The van der Waals surface area contributed by atoms with Crippen LogP contribution < -0.4 is 0 Å². The van der Waals surface area contributed by atoms with Crippen LogP contribution in [0, 0.1) is 5.92 Å². The quantitative estimate of drug-likeness (QED) is 0.715. The third kappa shape index (κ3) is 5.51. The molecular weight excluding hydrogens is 288 g/mol. The van der Waals surface area contributed by atoms with Gasteiger partial charge in [0.05, 0.1) is 11.9 Å². The predicted molar refractivity (Wildman–Crippen MR) is 84.8 cm³/mol. The number of ether oxygens (including phenoxy) is 1. The van der Waals surface area contributed by atoms with Crippen LogP contribution >= 0.6 is 0 Å². The predicted octanol–water partition coefficient (Wildman–Crippen LogP) is 1.55. The van der Waals surface area contributed by atoms with Gasteiger partial charge in [0.25, 0.3) is 0 Å². The molecule has 1 unspecified atom stereocenters. The summed E-state index contributed by atoms with van der Waals surface area (Å²) >= 11 is 0. The van der Waals surface area contributed by atoms with Crippen molar-refractivity contribution in [2.24, 2.45) is 5.92 Å². The molecule has 6 heteroatoms. The van der Waals surface area contributed by atoms with Crippen molar-refractivity contribution in [1.82, 2.24) is 9.21 Å². The minimum absolute atomic E-state index is 0.164. The molecule has 2 aliphatic rings. The largest absolute Gasteiger partial charge is 0.378 e. The van der Waals surface area contributed by atoms with Gasteiger partial charge in [-0.1, -0.05) is 0 Å². The average Bonchev–Trinajstić information content (AvgIpc) is 2.97. The topological polar surface area (TPSA) is 49.9 Å². The van der Waals surface area contributed by atoms with Crippen molar-refractivity contribution in [2.45, 2.75) is 44.6 Å². The number of rotatable bonds is 7. The van der Waals surface area contributed by atoms with Crippen LogP contribution in [0.2, 0.25) is 0 Å². The van der Waals surface area contributed by atoms with Gasteiger partial charge in [-0.2, -0.15) is 0 Å². The highest BCUT2D eigenvalue weighted by Crippen LogP contribution is 2.24. The maximum absolute atomic E-state index is 12.4. The molecule has 21 heavy (non-hydrogen) atoms. The number of piperidine rings is 1. The Bertz CT molecular complexity index is 397. The summed E-state index contributed by atoms with van der Waals surface area (Å²) in [5.41, 5.74) is 0. The van der Waals surface area contributed by atoms with Crippen molar-refractivity contribution in [1.29, 1.82) is 0 Å². The number of hydrogen-bond donors (Lipinski definition) is 0. The van der Waals surface area contributed by atoms with Gasteiger partial charge in [0.1, 0.15) is 0 Å². The minimum Gasteiger partial charge on any atom is -0.378 e. The lowest BCUT2D eigenvalue weighted by atomic mass is 9.94. The summed E-state index contributed by atoms with van der Waals surface area (Å²) in [5.74, 6) is 0.928. The second kappa shape index (κ2) is 7.90. The molecule has 124 valence electrons. The molecule has 0 amide bonds. The SMILES string of the molecule is CN(C)CCC1CCN(S(=O)(=O)CCC2CCCO2)CC1. The van der Waals surface area contributed by atoms with E-state index in [0.717, 1.165) is 38.8 Å². The van der Waals surface area contributed by atoms with E-state index in [1.165, 1.54) is 6.42 Å². The Hall–Kier alpha value is -0.170. The lowest BCUT2D eigenvalue weighted by molar-refractivity contribution is 0.108. The Morgan fingerprint density at radius 2 is 1.86 bits per heavy atom. The van der Waals surface area contributed by atoms with Crippen molar-refractivity contribution in [3.8, 4) is 0 Å². The fraction of sp³-hybridized carbons (Fsp3) is 1.00. The van der Waals surface area contributed by atoms with Crippen LogP contribution in [-0.4, -0.2) is 69.8 Å². The summed E-state index contributed by atoms with van der Waals surface area (Å²) in [6.45, 7) is 3.29. The van der Waals surface area contributed by atoms with Crippen LogP contribution in [0.15, 0.2) is 0 Å². The molecule has 0 aliphatic carbocycles. The fourth-order valence-corrected chi connectivity index (χ4v) is 4.78. The van der Waals surface area contributed by atoms with Gasteiger partial charge >= 0.3 is 0 Å². The number of sulfonamides is 1. The van der Waals surface area contributed by atoms with Gasteiger partial charge in [-0.05, 0) is 65.1 Å². The van der Waals surface area contributed by atoms with E-state index in [4.69, 9.17) is 4.74 Å². The first-order valence-electron chi connectivity index (χ1n) is 8.21. The normalized spacial score (nSPS) is 25.8. The molecule has 0 aromatic carbocycles. The zero-order valence-electron chi connectivity index (χ0n) is 13.5. The van der Waals surface area contributed by atoms with E-state index >= 15 is 0 Å². The molecular formula is C15H30N2O3S. The second-order valence-electron chi connectivity index (χ2n) is 6.67. The van der Waals surface area contributed by atoms with E-state index < -0.39 is 10.0 Å². The molecule has 0 spiro atoms. The van der Waals surface area contributed by atoms with Crippen molar-refractivity contribution < 1.29 is 13.2 Å². The molecule has 0 bridgehead atoms. The summed E-state index contributed by atoms with van der Waals surface area (Å²) in [6, 6.07) is 0. The fourth-order valence-electron chi connectivity index (χ4n) is 3.20. The molecule has 0 radical (unpaired) electrons. The van der Waals surface area contributed by atoms with Crippen LogP contribution in [0.5, 0.6) is 0 Å². The van der Waals surface area contributed by atoms with Gasteiger partial charge < -0.3 is 9.64 Å². The zero-order chi connectivity index (χ0) is 15.3. The average molecular weight is 318 g/mol. The molecule has 2 saturated heterocycles. The van der Waals surface area contributed by atoms with E-state index in [1.54, 1.807) is 4.31 Å². The van der Waals surface area contributed by atoms with Gasteiger partial charge in [0.15, 0.2) is 0 Å². The molecule has 2 rings (SSSR count). The first-order chi connectivity index (χ1) is 9.97. The Labute approximate surface area is 129 Å². The summed E-state index contributed by atoms with van der Waals surface area (Å²) in [7, 11) is 1.09. The highest BCUT2D eigenvalue weighted by atomic mass is 32.2. The van der Waals surface area contributed by atoms with Crippen molar-refractivity contribution in [2.75, 3.05) is 46.1 Å². The summed E-state index contributed by atoms with van der Waals surface area (Å²) in [4.78, 5) is 2.20. The Morgan fingerprint density at radius 3 is 2.43 bits per heavy atom. The second-order valence-corrected chi connectivity index (χ2v) is 8.76. The number of hydrogen-bond acceptors (Lipinski definition) is 4. The highest BCUT2D eigenvalue weighted by molar-refractivity contribution is 7.89. The standard InChI is InChI=1S/C15H30N2O3S/c1-16(2)9-5-14-6-10-17(11-7-14)21(18,19)13-8-15-4-3-12-20-15/h14-15H,3-13H2,1-2H3. The lowest BCUT2D eigenvalue weighted by Gasteiger charge is -2.32. The van der Waals surface area contributed by atoms with Crippen molar-refractivity contribution >= 4 is 10.0 Å². The third-order valence-corrected chi connectivity index (χ3v) is 6.58. The summed E-state index contributed by atoms with van der Waals surface area (Å²) < 4.78 is 32.0. The van der Waals surface area contributed by atoms with E-state index in [1.807, 2.05) is 0 Å². The molecule has 0 N–H and O–H groups in total. The van der Waals surface area contributed by atoms with Gasteiger partial charge in [-0.3, -0.25) is 0 Å². The summed E-state index contributed by atoms with van der Waals surface area (Å²) in [6.07, 6.45) is 6.10. The van der Waals surface area contributed by atoms with E-state index in [2.05, 4.69) is 19.0 Å². The lowest BCUT2D eigenvalue weighted by Crippen LogP contribution is -2.40. The van der Waals surface area contributed by atoms with E-state index in [9.17, 15) is 8.42 Å². The zero-order valence-corrected chi connectivity index (χ0v) is 14.3. The van der Waals surface area contributed by atoms with Gasteiger partial charge in [-0.25, -0.2) is 12.7 Å². The Kier molecular flexibility index (Phi) is 6.47. The smallest absolute Gasteiger partial charge is 0.214 e. The third-order valence-electron chi connectivity index (χ3n) is 4.67. The maximum Gasteiger partial charge on any atom is 0.214 e. The Morgan fingerprint density at radius 1 is 1.14 bits per heavy atom. The molecule has 2 fully saturated rings. The molecule has 0 aromatic heterocycles. The van der Waals surface area contributed by atoms with E-state index in [0.29, 0.717) is 25.4 Å². The van der Waals surface area contributed by atoms with Gasteiger partial charge in [0, 0.05) is 19.7 Å². The molecule has 2 aliphatic heterocycles. The molecule has 1 atom stereocenters. The number of nitrogens with zero attached hydrogens (tertiary/aromatic N) is 2. The van der Waals surface area contributed by atoms with Crippen molar-refractivity contribution in [3.05, 3.63) is 0 Å². The molecule has 5 nitrogen and oxygen atoms in total. The molecule has 0 saturated carbocycles. The maximum atomic E-state index is 12.4. The Balaban J connectivity index is 1.72. The van der Waals surface area contributed by atoms with E-state index in [-0.39, 0.29) is 11.9 Å². The summed E-state index contributed by atoms with van der Waals surface area (Å²) in [5, 5.41) is 0.